The second-order valence-electron chi connectivity index (χ2n) is 8.59. The molecule has 2 N–H and O–H groups in total. The molecule has 0 radical (unpaired) electrons. The van der Waals surface area contributed by atoms with Gasteiger partial charge in [-0.1, -0.05) is 18.2 Å². The zero-order chi connectivity index (χ0) is 27.5. The Morgan fingerprint density at radius 2 is 1.69 bits per heavy atom. The number of methoxy groups -OCH3 is 2. The Morgan fingerprint density at radius 1 is 0.923 bits per heavy atom. The van der Waals surface area contributed by atoms with Crippen molar-refractivity contribution >= 4 is 23.0 Å². The van der Waals surface area contributed by atoms with Gasteiger partial charge in [0.25, 0.3) is 0 Å². The van der Waals surface area contributed by atoms with Gasteiger partial charge in [-0.25, -0.2) is 9.59 Å². The third-order valence-electron chi connectivity index (χ3n) is 6.09. The first-order chi connectivity index (χ1) is 18.9. The lowest BCUT2D eigenvalue weighted by atomic mass is 10.0. The van der Waals surface area contributed by atoms with Crippen LogP contribution in [-0.2, 0) is 9.53 Å². The van der Waals surface area contributed by atoms with Gasteiger partial charge in [-0.05, 0) is 48.0 Å². The molecule has 2 heterocycles. The Morgan fingerprint density at radius 3 is 2.44 bits per heavy atom. The molecule has 1 aliphatic heterocycles. The molecule has 5 rings (SSSR count). The molecule has 10 nitrogen and oxygen atoms in total. The van der Waals surface area contributed by atoms with E-state index < -0.39 is 23.8 Å². The molecule has 0 aliphatic carbocycles. The molecule has 0 spiro atoms. The fourth-order valence-electron chi connectivity index (χ4n) is 4.16. The average molecular weight is 533 g/mol. The van der Waals surface area contributed by atoms with Crippen LogP contribution in [0.4, 0.5) is 0 Å². The molecule has 39 heavy (non-hydrogen) atoms. The fraction of sp³-hybridized carbons (Fsp3) is 0.172. The number of phenolic OH excluding ortho intramolecular Hbond substituents is 2. The molecule has 0 saturated heterocycles. The first kappa shape index (κ1) is 25.5. The van der Waals surface area contributed by atoms with Gasteiger partial charge in [-0.15, -0.1) is 0 Å². The van der Waals surface area contributed by atoms with Crippen molar-refractivity contribution in [2.45, 2.75) is 12.2 Å². The second-order valence-corrected chi connectivity index (χ2v) is 8.59. The van der Waals surface area contributed by atoms with Gasteiger partial charge in [0.05, 0.1) is 14.2 Å². The molecule has 3 aromatic carbocycles. The molecular weight excluding hydrogens is 508 g/mol. The van der Waals surface area contributed by atoms with Crippen molar-refractivity contribution in [3.05, 3.63) is 88.3 Å². The zero-order valence-electron chi connectivity index (χ0n) is 21.0. The summed E-state index contributed by atoms with van der Waals surface area (Å²) < 4.78 is 34.3. The summed E-state index contributed by atoms with van der Waals surface area (Å²) in [6.45, 7) is -0.234. The molecule has 0 saturated carbocycles. The van der Waals surface area contributed by atoms with Crippen molar-refractivity contribution in [1.29, 1.82) is 0 Å². The molecule has 2 atom stereocenters. The smallest absolute Gasteiger partial charge is 0.336 e. The molecule has 4 aromatic rings. The van der Waals surface area contributed by atoms with E-state index in [1.54, 1.807) is 42.5 Å². The summed E-state index contributed by atoms with van der Waals surface area (Å²) in [7, 11) is 2.89. The molecule has 200 valence electrons. The number of aromatic hydroxyl groups is 2. The maximum atomic E-state index is 12.5. The van der Waals surface area contributed by atoms with Gasteiger partial charge in [0.1, 0.15) is 12.4 Å². The quantitative estimate of drug-likeness (QED) is 0.201. The number of hydrogen-bond donors (Lipinski definition) is 2. The minimum atomic E-state index is -0.890. The van der Waals surface area contributed by atoms with Gasteiger partial charge in [-0.2, -0.15) is 0 Å². The van der Waals surface area contributed by atoms with Gasteiger partial charge >= 0.3 is 11.6 Å². The number of carbonyl (C=O) groups excluding carboxylic acids is 1. The highest BCUT2D eigenvalue weighted by Gasteiger charge is 2.38. The summed E-state index contributed by atoms with van der Waals surface area (Å²) in [5.41, 5.74) is 0.834. The second kappa shape index (κ2) is 10.7. The van der Waals surface area contributed by atoms with Crippen molar-refractivity contribution in [3.63, 3.8) is 0 Å². The van der Waals surface area contributed by atoms with Crippen LogP contribution < -0.4 is 24.6 Å². The molecule has 0 unspecified atom stereocenters. The van der Waals surface area contributed by atoms with Crippen LogP contribution in [0.15, 0.2) is 76.0 Å². The van der Waals surface area contributed by atoms with Crippen molar-refractivity contribution in [3.8, 4) is 34.5 Å². The first-order valence-corrected chi connectivity index (χ1v) is 11.8. The van der Waals surface area contributed by atoms with Crippen LogP contribution in [0.5, 0.6) is 34.5 Å². The number of phenols is 2. The lowest BCUT2D eigenvalue weighted by Gasteiger charge is -2.34. The lowest BCUT2D eigenvalue weighted by Crippen LogP contribution is -2.37. The molecule has 0 fully saturated rings. The Labute approximate surface area is 222 Å². The minimum Gasteiger partial charge on any atom is -0.508 e. The van der Waals surface area contributed by atoms with Crippen LogP contribution in [0.3, 0.4) is 0 Å². The normalized spacial score (nSPS) is 16.3. The Hall–Kier alpha value is -5.12. The topological polar surface area (TPSA) is 134 Å². The molecule has 10 heteroatoms. The zero-order valence-corrected chi connectivity index (χ0v) is 21.0. The van der Waals surface area contributed by atoms with Crippen LogP contribution in [-0.4, -0.2) is 43.1 Å². The third kappa shape index (κ3) is 5.30. The molecule has 0 amide bonds. The van der Waals surface area contributed by atoms with Crippen LogP contribution in [0, 0.1) is 0 Å². The number of hydrogen-bond acceptors (Lipinski definition) is 10. The number of esters is 1. The van der Waals surface area contributed by atoms with Crippen LogP contribution in [0.2, 0.25) is 0 Å². The fourth-order valence-corrected chi connectivity index (χ4v) is 4.16. The molecule has 0 bridgehead atoms. The van der Waals surface area contributed by atoms with Gasteiger partial charge in [0, 0.05) is 23.1 Å². The van der Waals surface area contributed by atoms with E-state index in [0.717, 1.165) is 0 Å². The monoisotopic (exact) mass is 532 g/mol. The highest BCUT2D eigenvalue weighted by Crippen LogP contribution is 2.50. The van der Waals surface area contributed by atoms with Crippen LogP contribution in [0.25, 0.3) is 17.0 Å². The standard InChI is InChI=1S/C29H24O10/c1-34-21-13-17(6-10-20(21)31)26-23(15-36-24(32)11-5-16-3-8-19(30)9-4-16)37-29-27-18(7-12-25(33)38-27)14-22(35-2)28(29)39-26/h3-14,23,26,30-31H,15H2,1-2H3/t23-,26-/m1/s1. The lowest BCUT2D eigenvalue weighted by molar-refractivity contribution is -0.142. The van der Waals surface area contributed by atoms with E-state index in [0.29, 0.717) is 22.3 Å². The Kier molecular flexibility index (Phi) is 7.00. The van der Waals surface area contributed by atoms with Gasteiger partial charge in [-0.3, -0.25) is 0 Å². The van der Waals surface area contributed by atoms with Crippen molar-refractivity contribution in [1.82, 2.24) is 0 Å². The summed E-state index contributed by atoms with van der Waals surface area (Å²) in [6.07, 6.45) is 1.08. The number of rotatable bonds is 7. The summed E-state index contributed by atoms with van der Waals surface area (Å²) in [5, 5.41) is 20.0. The van der Waals surface area contributed by atoms with E-state index in [2.05, 4.69) is 0 Å². The Balaban J connectivity index is 1.49. The first-order valence-electron chi connectivity index (χ1n) is 11.8. The third-order valence-corrected chi connectivity index (χ3v) is 6.09. The van der Waals surface area contributed by atoms with Crippen LogP contribution in [0.1, 0.15) is 17.2 Å². The molecule has 1 aromatic heterocycles. The summed E-state index contributed by atoms with van der Waals surface area (Å²) >= 11 is 0. The van der Waals surface area contributed by atoms with Crippen molar-refractivity contribution in [2.75, 3.05) is 20.8 Å². The van der Waals surface area contributed by atoms with Crippen molar-refractivity contribution < 1.29 is 43.1 Å². The van der Waals surface area contributed by atoms with Crippen LogP contribution >= 0.6 is 0 Å². The van der Waals surface area contributed by atoms with Gasteiger partial charge in [0.15, 0.2) is 35.0 Å². The van der Waals surface area contributed by atoms with E-state index in [-0.39, 0.29) is 40.9 Å². The predicted octanol–water partition coefficient (Wildman–Crippen LogP) is 4.36. The number of fused-ring (bicyclic) bond motifs is 3. The summed E-state index contributed by atoms with van der Waals surface area (Å²) in [4.78, 5) is 24.5. The van der Waals surface area contributed by atoms with E-state index in [1.165, 1.54) is 44.6 Å². The van der Waals surface area contributed by atoms with E-state index in [4.69, 9.17) is 28.1 Å². The largest absolute Gasteiger partial charge is 0.508 e. The highest BCUT2D eigenvalue weighted by molar-refractivity contribution is 5.89. The molecular formula is C29H24O10. The van der Waals surface area contributed by atoms with E-state index in [9.17, 15) is 19.8 Å². The average Bonchev–Trinajstić information content (AvgIpc) is 2.95. The van der Waals surface area contributed by atoms with Gasteiger partial charge in [0.2, 0.25) is 11.5 Å². The van der Waals surface area contributed by atoms with Gasteiger partial charge < -0.3 is 38.3 Å². The highest BCUT2D eigenvalue weighted by atomic mass is 16.6. The van der Waals surface area contributed by atoms with Crippen molar-refractivity contribution in [2.24, 2.45) is 0 Å². The Bertz CT molecular complexity index is 1600. The number of carbonyl (C=O) groups is 1. The number of benzene rings is 3. The predicted molar refractivity (Wildman–Crippen MR) is 140 cm³/mol. The molecule has 1 aliphatic rings. The summed E-state index contributed by atoms with van der Waals surface area (Å²) in [5.74, 6) is 0.296. The minimum absolute atomic E-state index is 0.0638. The SMILES string of the molecule is COc1cc([C@H]2Oc3c(OC)cc4ccc(=O)oc4c3O[C@@H]2COC(=O)C=Cc2ccc(O)cc2)ccc1O. The number of ether oxygens (including phenoxy) is 5. The maximum absolute atomic E-state index is 12.5. The summed E-state index contributed by atoms with van der Waals surface area (Å²) in [6, 6.07) is 15.5. The maximum Gasteiger partial charge on any atom is 0.336 e. The van der Waals surface area contributed by atoms with E-state index >= 15 is 0 Å². The van der Waals surface area contributed by atoms with E-state index in [1.807, 2.05) is 0 Å².